The number of aryl methyl sites for hydroxylation is 9. The minimum Gasteiger partial charge on any atom is -0.385 e. The SMILES string of the molecule is CNc1cn(C)nc1C(N)=O.Cc1cc(CCCCBr)on1.Cc1cc(CCCCn2c(=O)c3nn(C)cc3n(C)c2=O)on1.Cn1cc2c(n1)c(=O)[nH]c(=O)n2C.[2H]CI. The van der Waals surface area contributed by atoms with Crippen LogP contribution in [-0.2, 0) is 54.6 Å². The van der Waals surface area contributed by atoms with Gasteiger partial charge in [-0.15, -0.1) is 0 Å². The number of amides is 1. The van der Waals surface area contributed by atoms with Gasteiger partial charge in [-0.3, -0.25) is 47.1 Å². The lowest BCUT2D eigenvalue weighted by Crippen LogP contribution is -2.39. The van der Waals surface area contributed by atoms with Crippen molar-refractivity contribution in [2.24, 2.45) is 41.0 Å². The van der Waals surface area contributed by atoms with Gasteiger partial charge in [0, 0.05) is 99.1 Å². The molecule has 0 aromatic carbocycles. The van der Waals surface area contributed by atoms with Crippen molar-refractivity contribution in [1.29, 1.82) is 0 Å². The lowest BCUT2D eigenvalue weighted by Gasteiger charge is -2.07. The molecular weight excluding hydrogens is 959 g/mol. The number of H-pyrrole nitrogens is 1. The molecule has 326 valence electrons. The third kappa shape index (κ3) is 13.2. The number of primary amides is 1. The first kappa shape index (κ1) is 47.1. The predicted molar refractivity (Wildman–Crippen MR) is 240 cm³/mol. The maximum absolute atomic E-state index is 12.4. The fraction of sp³-hybridized carbons (Fsp3) is 0.459. The van der Waals surface area contributed by atoms with Crippen LogP contribution in [0, 0.1) is 13.8 Å². The van der Waals surface area contributed by atoms with E-state index < -0.39 is 17.2 Å². The average Bonchev–Trinajstić information content (AvgIpc) is 4.06. The molecule has 0 bridgehead atoms. The Balaban J connectivity index is 0.000000224. The van der Waals surface area contributed by atoms with Crippen LogP contribution in [0.25, 0.3) is 22.1 Å². The second kappa shape index (κ2) is 23.3. The van der Waals surface area contributed by atoms with E-state index in [1.54, 1.807) is 65.6 Å². The number of unbranched alkanes of at least 4 members (excludes halogenated alkanes) is 2. The zero-order chi connectivity index (χ0) is 45.4. The molecular formula is C37H52BrIN14O7. The van der Waals surface area contributed by atoms with Crippen LogP contribution >= 0.6 is 38.5 Å². The first-order chi connectivity index (χ1) is 28.9. The summed E-state index contributed by atoms with van der Waals surface area (Å²) in [5.41, 5.74) is 7.97. The molecule has 1 amide bonds. The summed E-state index contributed by atoms with van der Waals surface area (Å²) in [5, 5.41) is 23.5. The number of hydrogen-bond acceptors (Lipinski definition) is 13. The monoisotopic (exact) mass is 1010 g/mol. The number of carbonyl (C=O) groups excluding carboxylic acids is 1. The number of nitrogens with two attached hydrogens (primary N) is 1. The number of rotatable bonds is 11. The van der Waals surface area contributed by atoms with Gasteiger partial charge in [0.1, 0.15) is 11.5 Å². The highest BCUT2D eigenvalue weighted by atomic mass is 127. The largest absolute Gasteiger partial charge is 0.385 e. The maximum atomic E-state index is 12.4. The molecule has 21 nitrogen and oxygen atoms in total. The van der Waals surface area contributed by atoms with Crippen LogP contribution in [0.1, 0.15) is 60.5 Å². The third-order valence-corrected chi connectivity index (χ3v) is 9.15. The van der Waals surface area contributed by atoms with E-state index >= 15 is 0 Å². The summed E-state index contributed by atoms with van der Waals surface area (Å²) in [4.78, 5) is 60.5. The van der Waals surface area contributed by atoms with Crippen molar-refractivity contribution in [2.45, 2.75) is 58.9 Å². The number of aromatic amines is 1. The van der Waals surface area contributed by atoms with Crippen LogP contribution in [0.5, 0.6) is 0 Å². The molecule has 0 unspecified atom stereocenters. The van der Waals surface area contributed by atoms with Crippen molar-refractivity contribution in [3.63, 3.8) is 0 Å². The molecule has 60 heavy (non-hydrogen) atoms. The van der Waals surface area contributed by atoms with Crippen LogP contribution in [0.15, 0.2) is 58.9 Å². The number of nitrogens with zero attached hydrogens (tertiary/aromatic N) is 11. The summed E-state index contributed by atoms with van der Waals surface area (Å²) >= 11 is 5.34. The molecule has 0 aliphatic carbocycles. The molecule has 0 aliphatic rings. The second-order valence-electron chi connectivity index (χ2n) is 13.3. The second-order valence-corrected chi connectivity index (χ2v) is 14.1. The Bertz CT molecular complexity index is 2740. The number of nitrogens with one attached hydrogen (secondary N) is 2. The van der Waals surface area contributed by atoms with Crippen LogP contribution in [0.4, 0.5) is 5.69 Å². The van der Waals surface area contributed by atoms with Gasteiger partial charge in [0.25, 0.3) is 17.0 Å². The minimum absolute atomic E-state index is 0.273. The molecule has 0 radical (unpaired) electrons. The molecule has 23 heteroatoms. The van der Waals surface area contributed by atoms with Crippen molar-refractivity contribution in [3.05, 3.63) is 101 Å². The van der Waals surface area contributed by atoms with Gasteiger partial charge >= 0.3 is 11.4 Å². The van der Waals surface area contributed by atoms with E-state index in [0.29, 0.717) is 40.1 Å². The molecule has 0 fully saturated rings. The van der Waals surface area contributed by atoms with Gasteiger partial charge in [-0.1, -0.05) is 48.8 Å². The van der Waals surface area contributed by atoms with Gasteiger partial charge in [0.15, 0.2) is 16.7 Å². The highest BCUT2D eigenvalue weighted by Gasteiger charge is 2.14. The van der Waals surface area contributed by atoms with Crippen LogP contribution < -0.4 is 33.5 Å². The first-order valence-corrected chi connectivity index (χ1v) is 21.1. The molecule has 4 N–H and O–H groups in total. The number of halogens is 2. The average molecular weight is 1010 g/mol. The molecule has 0 saturated heterocycles. The van der Waals surface area contributed by atoms with Gasteiger partial charge in [0.05, 0.1) is 28.1 Å². The van der Waals surface area contributed by atoms with Crippen LogP contribution in [-0.4, -0.2) is 81.5 Å². The molecule has 0 saturated carbocycles. The van der Waals surface area contributed by atoms with Gasteiger partial charge < -0.3 is 20.1 Å². The zero-order valence-electron chi connectivity index (χ0n) is 35.9. The van der Waals surface area contributed by atoms with E-state index in [1.807, 2.05) is 48.6 Å². The third-order valence-electron chi connectivity index (χ3n) is 8.59. The van der Waals surface area contributed by atoms with Crippen molar-refractivity contribution >= 4 is 72.2 Å². The van der Waals surface area contributed by atoms with E-state index in [4.69, 9.17) is 16.2 Å². The van der Waals surface area contributed by atoms with Gasteiger partial charge in [-0.05, 0) is 44.4 Å². The Kier molecular flexibility index (Phi) is 18.3. The van der Waals surface area contributed by atoms with Gasteiger partial charge in [-0.25, -0.2) is 9.59 Å². The summed E-state index contributed by atoms with van der Waals surface area (Å²) in [6.07, 6.45) is 10.6. The molecule has 7 aromatic heterocycles. The first-order valence-electron chi connectivity index (χ1n) is 19.2. The Hall–Kier alpha value is -5.59. The minimum atomic E-state index is -0.519. The number of fused-ring (bicyclic) bond motifs is 2. The zero-order valence-corrected chi connectivity index (χ0v) is 38.6. The highest BCUT2D eigenvalue weighted by Crippen LogP contribution is 2.11. The Labute approximate surface area is 367 Å². The van der Waals surface area contributed by atoms with Crippen molar-refractivity contribution in [3.8, 4) is 0 Å². The van der Waals surface area contributed by atoms with Crippen LogP contribution in [0.2, 0.25) is 0 Å². The molecule has 7 heterocycles. The number of anilines is 1. The predicted octanol–water partition coefficient (Wildman–Crippen LogP) is 3.03. The van der Waals surface area contributed by atoms with Crippen LogP contribution in [0.3, 0.4) is 0 Å². The molecule has 7 rings (SSSR count). The summed E-state index contributed by atoms with van der Waals surface area (Å²) in [6, 6.07) is 3.89. The molecule has 0 atom stereocenters. The van der Waals surface area contributed by atoms with Crippen molar-refractivity contribution < 1.29 is 15.2 Å². The fourth-order valence-corrected chi connectivity index (χ4v) is 6.08. The summed E-state index contributed by atoms with van der Waals surface area (Å²) in [6.45, 7) is 4.18. The Morgan fingerprint density at radius 3 is 1.83 bits per heavy atom. The summed E-state index contributed by atoms with van der Waals surface area (Å²) < 4.78 is 25.0. The normalized spacial score (nSPS) is 10.7. The number of alkyl halides is 2. The molecule has 0 spiro atoms. The lowest BCUT2D eigenvalue weighted by molar-refractivity contribution is 0.0995. The van der Waals surface area contributed by atoms with Crippen molar-refractivity contribution in [2.75, 3.05) is 22.6 Å². The summed E-state index contributed by atoms with van der Waals surface area (Å²) in [5.74, 6) is 1.31. The summed E-state index contributed by atoms with van der Waals surface area (Å²) in [7, 11) is 10.1. The van der Waals surface area contributed by atoms with E-state index in [0.717, 1.165) is 47.5 Å². The Morgan fingerprint density at radius 1 is 0.833 bits per heavy atom. The van der Waals surface area contributed by atoms with E-state index in [1.165, 1.54) is 35.9 Å². The number of carbonyl (C=O) groups is 1. The fourth-order valence-electron chi connectivity index (χ4n) is 5.69. The Morgan fingerprint density at radius 2 is 1.35 bits per heavy atom. The number of hydrogen-bond donors (Lipinski definition) is 3. The van der Waals surface area contributed by atoms with Crippen molar-refractivity contribution in [1.82, 2.24) is 58.3 Å². The number of aromatic nitrogens is 12. The molecule has 7 aromatic rings. The quantitative estimate of drug-likeness (QED) is 0.0958. The van der Waals surface area contributed by atoms with Gasteiger partial charge in [-0.2, -0.15) is 15.3 Å². The highest BCUT2D eigenvalue weighted by molar-refractivity contribution is 14.1. The standard InChI is InChI=1S/C15H19N5O3.C8H12BrNO.C7H8N4O2.C6H10N4O.CH3I/c1-10-8-11(23-17-10)6-4-5-7-20-14(21)13-12(9-18(2)16-13)19(3)15(20)22;1-7-6-8(11-10-7)4-2-3-5-9;1-10-3-4-5(9-10)6(12)8-7(13)11(4)2;1-8-4-3-10(2)9-5(4)6(7)11;1-2/h8-9H,4-7H2,1-3H3;6H,2-5H2,1H3;3H,1-2H3,(H,8,12,13);3,8H,1-2H3,(H2,7,11);1H3/i;;;;1D. The molecule has 0 aliphatic heterocycles. The van der Waals surface area contributed by atoms with E-state index in [2.05, 4.69) is 51.8 Å². The smallest absolute Gasteiger partial charge is 0.331 e. The van der Waals surface area contributed by atoms with E-state index in [-0.39, 0.29) is 22.5 Å². The van der Waals surface area contributed by atoms with E-state index in [9.17, 15) is 24.0 Å². The van der Waals surface area contributed by atoms with Gasteiger partial charge in [0.2, 0.25) is 0 Å². The topological polar surface area (TPSA) is 259 Å². The maximum Gasteiger partial charge on any atom is 0.331 e. The lowest BCUT2D eigenvalue weighted by atomic mass is 10.2.